The number of unbranched alkanes of at least 4 members (excludes halogenated alkanes) is 1. The Kier molecular flexibility index (Phi) is 11.4. The number of anilines is 2. The van der Waals surface area contributed by atoms with Gasteiger partial charge in [0.2, 0.25) is 0 Å². The van der Waals surface area contributed by atoms with Gasteiger partial charge in [0, 0.05) is 41.8 Å². The lowest BCUT2D eigenvalue weighted by Gasteiger charge is -2.22. The number of benzene rings is 2. The largest absolute Gasteiger partial charge is 0.494 e. The highest BCUT2D eigenvalue weighted by molar-refractivity contribution is 6.07. The maximum Gasteiger partial charge on any atom is 0.323 e. The van der Waals surface area contributed by atoms with Gasteiger partial charge in [-0.2, -0.15) is 0 Å². The Labute approximate surface area is 282 Å². The average molecular weight is 644 g/mol. The SMILES string of the molecule is C=CCCCn1c(=O)c(NC(=O)Nc2c(C(C)C)cccc2C(C)C)c(-c2cccc(OCCCc3cccnc3)c2)c2cccnc21. The molecule has 5 aromatic rings. The molecule has 0 aliphatic rings. The molecule has 0 atom stereocenters. The highest BCUT2D eigenvalue weighted by atomic mass is 16.5. The number of nitrogens with one attached hydrogen (secondary N) is 2. The standard InChI is InChI=1S/C40H45N5O3/c1-6-7-8-23-45-38-34(20-12-22-42-38)35(30-16-9-17-31(25-30)48-24-13-15-29-14-11-21-41-26-29)37(39(45)46)44-40(47)43-36-32(27(2)3)18-10-19-33(36)28(4)5/h6,9-12,14,16-22,25-28H,1,7-8,13,15,23-24H2,2-5H3,(H2,43,44,47). The van der Waals surface area contributed by atoms with Crippen molar-refractivity contribution in [2.45, 2.75) is 71.8 Å². The first-order chi connectivity index (χ1) is 23.3. The number of aromatic nitrogens is 3. The van der Waals surface area contributed by atoms with Crippen molar-refractivity contribution >= 4 is 28.4 Å². The van der Waals surface area contributed by atoms with E-state index in [4.69, 9.17) is 4.74 Å². The summed E-state index contributed by atoms with van der Waals surface area (Å²) in [5.41, 5.74) is 5.78. The third-order valence-corrected chi connectivity index (χ3v) is 8.38. The number of amides is 2. The zero-order valence-electron chi connectivity index (χ0n) is 28.3. The first-order valence-corrected chi connectivity index (χ1v) is 16.7. The van der Waals surface area contributed by atoms with Crippen LogP contribution in [0.15, 0.2) is 103 Å². The van der Waals surface area contributed by atoms with E-state index >= 15 is 0 Å². The van der Waals surface area contributed by atoms with Gasteiger partial charge in [0.1, 0.15) is 17.1 Å². The monoisotopic (exact) mass is 643 g/mol. The van der Waals surface area contributed by atoms with Crippen molar-refractivity contribution in [1.29, 1.82) is 0 Å². The normalized spacial score (nSPS) is 11.2. The topological polar surface area (TPSA) is 98.1 Å². The van der Waals surface area contributed by atoms with Crippen molar-refractivity contribution in [1.82, 2.24) is 14.5 Å². The van der Waals surface area contributed by atoms with Crippen LogP contribution in [0.25, 0.3) is 22.2 Å². The Balaban J connectivity index is 1.54. The molecule has 0 bridgehead atoms. The molecule has 0 unspecified atom stereocenters. The molecule has 0 saturated heterocycles. The van der Waals surface area contributed by atoms with Crippen molar-refractivity contribution in [3.05, 3.63) is 125 Å². The summed E-state index contributed by atoms with van der Waals surface area (Å²) >= 11 is 0. The van der Waals surface area contributed by atoms with Gasteiger partial charge in [0.15, 0.2) is 0 Å². The van der Waals surface area contributed by atoms with Crippen molar-refractivity contribution in [3.63, 3.8) is 0 Å². The van der Waals surface area contributed by atoms with E-state index in [1.165, 1.54) is 0 Å². The summed E-state index contributed by atoms with van der Waals surface area (Å²) in [4.78, 5) is 37.1. The third kappa shape index (κ3) is 8.00. The minimum atomic E-state index is -0.480. The molecule has 248 valence electrons. The predicted molar refractivity (Wildman–Crippen MR) is 196 cm³/mol. The maximum atomic E-state index is 14.4. The quantitative estimate of drug-likeness (QED) is 0.0928. The van der Waals surface area contributed by atoms with Crippen molar-refractivity contribution in [2.24, 2.45) is 0 Å². The van der Waals surface area contributed by atoms with Crippen LogP contribution in [0.4, 0.5) is 16.2 Å². The highest BCUT2D eigenvalue weighted by Crippen LogP contribution is 2.36. The van der Waals surface area contributed by atoms with Crippen LogP contribution in [-0.4, -0.2) is 27.2 Å². The van der Waals surface area contributed by atoms with E-state index in [9.17, 15) is 9.59 Å². The highest BCUT2D eigenvalue weighted by Gasteiger charge is 2.23. The van der Waals surface area contributed by atoms with Crippen LogP contribution >= 0.6 is 0 Å². The second-order valence-corrected chi connectivity index (χ2v) is 12.6. The molecule has 3 heterocycles. The second-order valence-electron chi connectivity index (χ2n) is 12.6. The average Bonchev–Trinajstić information content (AvgIpc) is 3.08. The number of rotatable bonds is 14. The summed E-state index contributed by atoms with van der Waals surface area (Å²) in [6, 6.07) is 21.1. The minimum Gasteiger partial charge on any atom is -0.494 e. The molecule has 0 fully saturated rings. The van der Waals surface area contributed by atoms with Crippen LogP contribution in [0, 0.1) is 0 Å². The summed E-state index contributed by atoms with van der Waals surface area (Å²) in [6.45, 7) is 13.2. The number of aryl methyl sites for hydroxylation is 2. The van der Waals surface area contributed by atoms with Crippen molar-refractivity contribution in [2.75, 3.05) is 17.2 Å². The maximum absolute atomic E-state index is 14.4. The van der Waals surface area contributed by atoms with Gasteiger partial charge in [-0.3, -0.25) is 14.3 Å². The van der Waals surface area contributed by atoms with Crippen LogP contribution < -0.4 is 20.9 Å². The molecule has 8 heteroatoms. The van der Waals surface area contributed by atoms with Gasteiger partial charge in [0.05, 0.1) is 6.61 Å². The molecule has 0 saturated carbocycles. The van der Waals surface area contributed by atoms with Gasteiger partial charge in [-0.05, 0) is 90.1 Å². The molecule has 0 spiro atoms. The number of nitrogens with zero attached hydrogens (tertiary/aromatic N) is 3. The lowest BCUT2D eigenvalue weighted by atomic mass is 9.93. The number of para-hydroxylation sites is 1. The first kappa shape index (κ1) is 34.1. The molecule has 8 nitrogen and oxygen atoms in total. The van der Waals surface area contributed by atoms with Crippen LogP contribution in [0.2, 0.25) is 0 Å². The Morgan fingerprint density at radius 2 is 1.65 bits per heavy atom. The summed E-state index contributed by atoms with van der Waals surface area (Å²) in [6.07, 6.45) is 10.3. The fraction of sp³-hybridized carbons (Fsp3) is 0.300. The molecular formula is C40H45N5O3. The molecule has 2 aromatic carbocycles. The fourth-order valence-corrected chi connectivity index (χ4v) is 6.00. The number of allylic oxidation sites excluding steroid dienone is 1. The molecule has 0 aliphatic carbocycles. The van der Waals surface area contributed by atoms with Gasteiger partial charge in [-0.25, -0.2) is 9.78 Å². The third-order valence-electron chi connectivity index (χ3n) is 8.38. The number of ether oxygens (including phenoxy) is 1. The molecule has 0 radical (unpaired) electrons. The van der Waals surface area contributed by atoms with E-state index in [0.717, 1.165) is 52.6 Å². The minimum absolute atomic E-state index is 0.188. The Morgan fingerprint density at radius 1 is 0.917 bits per heavy atom. The van der Waals surface area contributed by atoms with Gasteiger partial charge in [-0.15, -0.1) is 6.58 Å². The van der Waals surface area contributed by atoms with E-state index in [0.29, 0.717) is 36.5 Å². The fourth-order valence-electron chi connectivity index (χ4n) is 6.00. The van der Waals surface area contributed by atoms with E-state index < -0.39 is 6.03 Å². The number of hydrogen-bond donors (Lipinski definition) is 2. The number of fused-ring (bicyclic) bond motifs is 1. The second kappa shape index (κ2) is 16.0. The first-order valence-electron chi connectivity index (χ1n) is 16.7. The summed E-state index contributed by atoms with van der Waals surface area (Å²) in [7, 11) is 0. The van der Waals surface area contributed by atoms with E-state index in [1.54, 1.807) is 17.0 Å². The summed E-state index contributed by atoms with van der Waals surface area (Å²) < 4.78 is 7.82. The smallest absolute Gasteiger partial charge is 0.323 e. The zero-order valence-corrected chi connectivity index (χ0v) is 28.3. The van der Waals surface area contributed by atoms with Gasteiger partial charge < -0.3 is 15.4 Å². The van der Waals surface area contributed by atoms with Gasteiger partial charge in [0.25, 0.3) is 5.56 Å². The Bertz CT molecular complexity index is 1910. The molecule has 2 N–H and O–H groups in total. The Hall–Kier alpha value is -5.24. The number of carbonyl (C=O) groups is 1. The Morgan fingerprint density at radius 3 is 2.35 bits per heavy atom. The van der Waals surface area contributed by atoms with Crippen LogP contribution in [0.1, 0.15) is 75.5 Å². The lowest BCUT2D eigenvalue weighted by molar-refractivity contribution is 0.262. The van der Waals surface area contributed by atoms with Crippen molar-refractivity contribution < 1.29 is 9.53 Å². The number of hydrogen-bond acceptors (Lipinski definition) is 5. The molecule has 0 aliphatic heterocycles. The van der Waals surface area contributed by atoms with Crippen LogP contribution in [0.3, 0.4) is 0 Å². The van der Waals surface area contributed by atoms with E-state index in [1.807, 2.05) is 72.9 Å². The number of pyridine rings is 3. The van der Waals surface area contributed by atoms with E-state index in [-0.39, 0.29) is 23.1 Å². The van der Waals surface area contributed by atoms with Crippen LogP contribution in [-0.2, 0) is 13.0 Å². The molecular weight excluding hydrogens is 598 g/mol. The molecule has 48 heavy (non-hydrogen) atoms. The summed E-state index contributed by atoms with van der Waals surface area (Å²) in [5.74, 6) is 1.06. The van der Waals surface area contributed by atoms with Crippen molar-refractivity contribution in [3.8, 4) is 16.9 Å². The molecule has 5 rings (SSSR count). The number of carbonyl (C=O) groups excluding carboxylic acids is 1. The van der Waals surface area contributed by atoms with Gasteiger partial charge in [-0.1, -0.05) is 70.2 Å². The molecule has 2 amide bonds. The number of urea groups is 1. The predicted octanol–water partition coefficient (Wildman–Crippen LogP) is 9.33. The van der Waals surface area contributed by atoms with Gasteiger partial charge >= 0.3 is 6.03 Å². The zero-order chi connectivity index (χ0) is 34.0. The summed E-state index contributed by atoms with van der Waals surface area (Å²) in [5, 5.41) is 6.87. The lowest BCUT2D eigenvalue weighted by Crippen LogP contribution is -2.30. The van der Waals surface area contributed by atoms with Crippen LogP contribution in [0.5, 0.6) is 5.75 Å². The van der Waals surface area contributed by atoms with E-state index in [2.05, 4.69) is 60.9 Å². The molecule has 3 aromatic heterocycles.